The minimum atomic E-state index is -0.362. The minimum Gasteiger partial charge on any atom is -0.462 e. The molecule has 88 valence electrons. The Morgan fingerprint density at radius 1 is 1.38 bits per heavy atom. The summed E-state index contributed by atoms with van der Waals surface area (Å²) in [5, 5.41) is 0. The molecular weight excluding hydrogens is 220 g/mol. The summed E-state index contributed by atoms with van der Waals surface area (Å²) >= 11 is 1.66. The summed E-state index contributed by atoms with van der Waals surface area (Å²) in [7, 11) is 0. The molecule has 1 rings (SSSR count). The van der Waals surface area contributed by atoms with E-state index in [0.29, 0.717) is 6.61 Å². The molecule has 0 spiro atoms. The highest BCUT2D eigenvalue weighted by molar-refractivity contribution is 7.99. The first-order chi connectivity index (χ1) is 7.83. The quantitative estimate of drug-likeness (QED) is 0.340. The highest BCUT2D eigenvalue weighted by Crippen LogP contribution is 2.16. The predicted molar refractivity (Wildman–Crippen MR) is 69.7 cm³/mol. The van der Waals surface area contributed by atoms with Gasteiger partial charge in [0.15, 0.2) is 0 Å². The van der Waals surface area contributed by atoms with E-state index in [4.69, 9.17) is 4.74 Å². The van der Waals surface area contributed by atoms with E-state index in [1.807, 2.05) is 44.2 Å². The van der Waals surface area contributed by atoms with Gasteiger partial charge in [0, 0.05) is 16.7 Å². The summed E-state index contributed by atoms with van der Waals surface area (Å²) < 4.78 is 4.84. The molecule has 0 unspecified atom stereocenters. The Balaban J connectivity index is 0.00000106. The Morgan fingerprint density at radius 2 is 2.00 bits per heavy atom. The van der Waals surface area contributed by atoms with E-state index < -0.39 is 0 Å². The molecule has 0 fully saturated rings. The van der Waals surface area contributed by atoms with Gasteiger partial charge in [0.05, 0.1) is 0 Å². The van der Waals surface area contributed by atoms with E-state index in [0.717, 1.165) is 5.75 Å². The van der Waals surface area contributed by atoms with Crippen LogP contribution >= 0.6 is 11.8 Å². The van der Waals surface area contributed by atoms with Crippen molar-refractivity contribution in [1.82, 2.24) is 0 Å². The number of thioether (sulfide) groups is 1. The lowest BCUT2D eigenvalue weighted by atomic mass is 10.4. The summed E-state index contributed by atoms with van der Waals surface area (Å²) in [6, 6.07) is 10.00. The Bertz CT molecular complexity index is 296. The average Bonchev–Trinajstić information content (AvgIpc) is 2.38. The highest BCUT2D eigenvalue weighted by Gasteiger charge is 1.96. The molecule has 2 nitrogen and oxygen atoms in total. The van der Waals surface area contributed by atoms with Crippen LogP contribution in [0, 0.1) is 0 Å². The van der Waals surface area contributed by atoms with Gasteiger partial charge >= 0.3 is 5.97 Å². The maximum absolute atomic E-state index is 10.7. The fourth-order valence-electron chi connectivity index (χ4n) is 0.877. The molecule has 0 aliphatic heterocycles. The van der Waals surface area contributed by atoms with Crippen molar-refractivity contribution in [2.75, 3.05) is 12.4 Å². The van der Waals surface area contributed by atoms with Gasteiger partial charge in [-0.3, -0.25) is 0 Å². The van der Waals surface area contributed by atoms with E-state index in [1.165, 1.54) is 11.0 Å². The van der Waals surface area contributed by atoms with Gasteiger partial charge in [-0.15, -0.1) is 11.8 Å². The number of hydrogen-bond acceptors (Lipinski definition) is 3. The topological polar surface area (TPSA) is 26.3 Å². The Kier molecular flexibility index (Phi) is 9.52. The third-order valence-corrected chi connectivity index (χ3v) is 2.48. The van der Waals surface area contributed by atoms with Gasteiger partial charge < -0.3 is 4.74 Å². The normalized spacial score (nSPS) is 8.62. The number of ether oxygens (including phenoxy) is 1. The highest BCUT2D eigenvalue weighted by atomic mass is 32.2. The molecule has 0 saturated heterocycles. The van der Waals surface area contributed by atoms with Crippen LogP contribution in [-0.2, 0) is 9.53 Å². The standard InChI is InChI=1S/C11H12O2S.C2H6/c1-2-11(12)13-8-9-14-10-6-4-3-5-7-10;1-2/h2-7H,1,8-9H2;1-2H3. The van der Waals surface area contributed by atoms with E-state index in [-0.39, 0.29) is 5.97 Å². The predicted octanol–water partition coefficient (Wildman–Crippen LogP) is 3.53. The number of benzene rings is 1. The molecule has 0 aliphatic carbocycles. The molecule has 0 atom stereocenters. The maximum Gasteiger partial charge on any atom is 0.330 e. The lowest BCUT2D eigenvalue weighted by Crippen LogP contribution is -2.03. The largest absolute Gasteiger partial charge is 0.462 e. The van der Waals surface area contributed by atoms with Gasteiger partial charge in [-0.2, -0.15) is 0 Å². The number of carbonyl (C=O) groups is 1. The van der Waals surface area contributed by atoms with Crippen LogP contribution in [0.25, 0.3) is 0 Å². The van der Waals surface area contributed by atoms with Crippen LogP contribution in [0.1, 0.15) is 13.8 Å². The molecule has 0 heterocycles. The maximum atomic E-state index is 10.7. The van der Waals surface area contributed by atoms with E-state index in [1.54, 1.807) is 11.8 Å². The molecule has 0 saturated carbocycles. The third-order valence-electron chi connectivity index (χ3n) is 1.51. The number of hydrogen-bond donors (Lipinski definition) is 0. The van der Waals surface area contributed by atoms with E-state index in [9.17, 15) is 4.79 Å². The molecule has 1 aromatic carbocycles. The van der Waals surface area contributed by atoms with Crippen molar-refractivity contribution in [3.63, 3.8) is 0 Å². The van der Waals surface area contributed by atoms with Crippen molar-refractivity contribution in [3.05, 3.63) is 43.0 Å². The lowest BCUT2D eigenvalue weighted by molar-refractivity contribution is -0.137. The second-order valence-electron chi connectivity index (χ2n) is 2.53. The first-order valence-corrected chi connectivity index (χ1v) is 6.28. The van der Waals surface area contributed by atoms with E-state index >= 15 is 0 Å². The Morgan fingerprint density at radius 3 is 2.56 bits per heavy atom. The number of rotatable bonds is 5. The molecule has 0 aromatic heterocycles. The monoisotopic (exact) mass is 238 g/mol. The minimum absolute atomic E-state index is 0.362. The first kappa shape index (κ1) is 14.8. The van der Waals surface area contributed by atoms with Crippen LogP contribution in [0.15, 0.2) is 47.9 Å². The van der Waals surface area contributed by atoms with Crippen molar-refractivity contribution in [2.24, 2.45) is 0 Å². The molecule has 0 N–H and O–H groups in total. The summed E-state index contributed by atoms with van der Waals surface area (Å²) in [5.74, 6) is 0.405. The van der Waals surface area contributed by atoms with Crippen molar-refractivity contribution < 1.29 is 9.53 Å². The summed E-state index contributed by atoms with van der Waals surface area (Å²) in [4.78, 5) is 11.9. The van der Waals surface area contributed by atoms with Gasteiger partial charge in [-0.25, -0.2) is 4.79 Å². The summed E-state index contributed by atoms with van der Waals surface area (Å²) in [6.45, 7) is 7.74. The van der Waals surface area contributed by atoms with Crippen molar-refractivity contribution in [2.45, 2.75) is 18.7 Å². The Labute approximate surface area is 102 Å². The van der Waals surface area contributed by atoms with Crippen LogP contribution < -0.4 is 0 Å². The number of esters is 1. The van der Waals surface area contributed by atoms with Gasteiger partial charge in [-0.1, -0.05) is 38.6 Å². The second-order valence-corrected chi connectivity index (χ2v) is 3.70. The van der Waals surface area contributed by atoms with Crippen LogP contribution in [0.4, 0.5) is 0 Å². The SMILES string of the molecule is C=CC(=O)OCCSc1ccccc1.CC. The fraction of sp³-hybridized carbons (Fsp3) is 0.308. The van der Waals surface area contributed by atoms with E-state index in [2.05, 4.69) is 6.58 Å². The molecule has 1 aromatic rings. The molecule has 3 heteroatoms. The molecule has 0 aliphatic rings. The smallest absolute Gasteiger partial charge is 0.330 e. The second kappa shape index (κ2) is 10.3. The van der Waals surface area contributed by atoms with Crippen LogP contribution in [0.5, 0.6) is 0 Å². The van der Waals surface area contributed by atoms with Crippen LogP contribution in [-0.4, -0.2) is 18.3 Å². The zero-order valence-electron chi connectivity index (χ0n) is 9.81. The summed E-state index contributed by atoms with van der Waals surface area (Å²) in [6.07, 6.45) is 1.17. The van der Waals surface area contributed by atoms with Gasteiger partial charge in [-0.05, 0) is 12.1 Å². The molecular formula is C13H18O2S. The van der Waals surface area contributed by atoms with Crippen molar-refractivity contribution in [3.8, 4) is 0 Å². The van der Waals surface area contributed by atoms with Crippen LogP contribution in [0.2, 0.25) is 0 Å². The molecule has 0 bridgehead atoms. The molecule has 0 radical (unpaired) electrons. The van der Waals surface area contributed by atoms with Gasteiger partial charge in [0.2, 0.25) is 0 Å². The van der Waals surface area contributed by atoms with Gasteiger partial charge in [0.1, 0.15) is 6.61 Å². The van der Waals surface area contributed by atoms with Crippen molar-refractivity contribution >= 4 is 17.7 Å². The van der Waals surface area contributed by atoms with Crippen molar-refractivity contribution in [1.29, 1.82) is 0 Å². The zero-order valence-corrected chi connectivity index (χ0v) is 10.6. The average molecular weight is 238 g/mol. The molecule has 0 amide bonds. The first-order valence-electron chi connectivity index (χ1n) is 5.30. The lowest BCUT2D eigenvalue weighted by Gasteiger charge is -2.01. The van der Waals surface area contributed by atoms with Gasteiger partial charge in [0.25, 0.3) is 0 Å². The Hall–Kier alpha value is -1.22. The zero-order chi connectivity index (χ0) is 12.2. The molecule has 16 heavy (non-hydrogen) atoms. The summed E-state index contributed by atoms with van der Waals surface area (Å²) in [5.41, 5.74) is 0. The fourth-order valence-corrected chi connectivity index (χ4v) is 1.63. The third kappa shape index (κ3) is 7.12. The van der Waals surface area contributed by atoms with Crippen LogP contribution in [0.3, 0.4) is 0 Å². The number of carbonyl (C=O) groups excluding carboxylic acids is 1.